The molecule has 0 spiro atoms. The first-order valence-electron chi connectivity index (χ1n) is 14.1. The maximum absolute atomic E-state index is 13.5. The lowest BCUT2D eigenvalue weighted by Gasteiger charge is -2.25. The third-order valence-electron chi connectivity index (χ3n) is 8.41. The molecule has 2 aliphatic heterocycles. The molecule has 2 aliphatic rings. The highest BCUT2D eigenvalue weighted by molar-refractivity contribution is 7.18. The SMILES string of the molecule is CCCC1(C(=O)c2csc3ccc(F)cc23)CCNC1.CCCC1(C(=O)c2csc3ccccc23)CCNC1. The molecule has 4 aromatic rings. The van der Waals surface area contributed by atoms with Crippen LogP contribution < -0.4 is 10.6 Å². The molecule has 2 atom stereocenters. The monoisotopic (exact) mass is 564 g/mol. The highest BCUT2D eigenvalue weighted by Crippen LogP contribution is 2.39. The first kappa shape index (κ1) is 28.1. The Hall–Kier alpha value is -2.45. The predicted octanol–water partition coefficient (Wildman–Crippen LogP) is 7.87. The van der Waals surface area contributed by atoms with Crippen molar-refractivity contribution in [1.29, 1.82) is 0 Å². The molecule has 39 heavy (non-hydrogen) atoms. The number of rotatable bonds is 8. The van der Waals surface area contributed by atoms with Gasteiger partial charge in [-0.05, 0) is 63.0 Å². The van der Waals surface area contributed by atoms with Crippen LogP contribution in [0.15, 0.2) is 53.2 Å². The number of Topliss-reactive ketones (excluding diaryl/α,β-unsaturated/α-hetero) is 2. The van der Waals surface area contributed by atoms with Gasteiger partial charge in [-0.15, -0.1) is 22.7 Å². The zero-order valence-corrected chi connectivity index (χ0v) is 24.4. The standard InChI is InChI=1S/C16H18FNOS.C16H19NOS/c1-2-5-16(6-7-18-10-16)15(19)13-9-20-14-4-3-11(17)8-12(13)14;1-2-7-16(8-9-17-11-16)15(18)13-10-19-14-6-4-3-5-12(13)14/h3-4,8-9,18H,2,5-7,10H2,1H3;3-6,10,17H,2,7-9,11H2,1H3. The second kappa shape index (κ2) is 12.0. The van der Waals surface area contributed by atoms with Gasteiger partial charge in [-0.25, -0.2) is 4.39 Å². The minimum Gasteiger partial charge on any atom is -0.316 e. The number of hydrogen-bond acceptors (Lipinski definition) is 6. The summed E-state index contributed by atoms with van der Waals surface area (Å²) in [6.07, 6.45) is 5.80. The minimum absolute atomic E-state index is 0.168. The Balaban J connectivity index is 0.000000158. The van der Waals surface area contributed by atoms with Crippen LogP contribution >= 0.6 is 22.7 Å². The van der Waals surface area contributed by atoms with E-state index in [1.54, 1.807) is 17.4 Å². The molecule has 2 N–H and O–H groups in total. The van der Waals surface area contributed by atoms with Crippen molar-refractivity contribution in [2.45, 2.75) is 52.4 Å². The summed E-state index contributed by atoms with van der Waals surface area (Å²) in [4.78, 5) is 26.0. The number of carbonyl (C=O) groups excluding carboxylic acids is 2. The molecule has 2 fully saturated rings. The molecule has 206 valence electrons. The van der Waals surface area contributed by atoms with Crippen LogP contribution in [0.2, 0.25) is 0 Å². The van der Waals surface area contributed by atoms with E-state index >= 15 is 0 Å². The van der Waals surface area contributed by atoms with Crippen LogP contribution in [0.25, 0.3) is 20.2 Å². The van der Waals surface area contributed by atoms with Crippen molar-refractivity contribution in [2.75, 3.05) is 26.2 Å². The quantitative estimate of drug-likeness (QED) is 0.214. The smallest absolute Gasteiger partial charge is 0.171 e. The normalized spacial score (nSPS) is 22.7. The van der Waals surface area contributed by atoms with Gasteiger partial charge in [0.2, 0.25) is 0 Å². The molecule has 0 bridgehead atoms. The highest BCUT2D eigenvalue weighted by atomic mass is 32.1. The maximum atomic E-state index is 13.5. The van der Waals surface area contributed by atoms with E-state index in [1.165, 1.54) is 28.2 Å². The van der Waals surface area contributed by atoms with E-state index in [1.807, 2.05) is 22.9 Å². The lowest BCUT2D eigenvalue weighted by Crippen LogP contribution is -2.33. The molecule has 6 rings (SSSR count). The van der Waals surface area contributed by atoms with Crippen molar-refractivity contribution in [3.63, 3.8) is 0 Å². The van der Waals surface area contributed by atoms with Gasteiger partial charge in [0.25, 0.3) is 0 Å². The second-order valence-corrected chi connectivity index (χ2v) is 12.8. The first-order chi connectivity index (χ1) is 18.9. The summed E-state index contributed by atoms with van der Waals surface area (Å²) in [7, 11) is 0. The van der Waals surface area contributed by atoms with Gasteiger partial charge in [0.1, 0.15) is 5.82 Å². The molecule has 4 nitrogen and oxygen atoms in total. The number of fused-ring (bicyclic) bond motifs is 2. The fraction of sp³-hybridized carbons (Fsp3) is 0.438. The van der Waals surface area contributed by atoms with E-state index in [2.05, 4.69) is 36.6 Å². The number of thiophene rings is 2. The van der Waals surface area contributed by atoms with E-state index < -0.39 is 0 Å². The van der Waals surface area contributed by atoms with Crippen LogP contribution in [0.5, 0.6) is 0 Å². The lowest BCUT2D eigenvalue weighted by molar-refractivity contribution is 0.0798. The molecular weight excluding hydrogens is 527 g/mol. The van der Waals surface area contributed by atoms with Crippen molar-refractivity contribution in [3.8, 4) is 0 Å². The summed E-state index contributed by atoms with van der Waals surface area (Å²) in [5.41, 5.74) is 1.16. The van der Waals surface area contributed by atoms with Crippen molar-refractivity contribution in [2.24, 2.45) is 10.8 Å². The van der Waals surface area contributed by atoms with Crippen molar-refractivity contribution in [1.82, 2.24) is 10.6 Å². The van der Waals surface area contributed by atoms with Crippen LogP contribution in [0.4, 0.5) is 4.39 Å². The number of ketones is 2. The van der Waals surface area contributed by atoms with Crippen LogP contribution in [0.1, 0.15) is 73.1 Å². The van der Waals surface area contributed by atoms with E-state index in [0.717, 1.165) is 85.7 Å². The maximum Gasteiger partial charge on any atom is 0.171 e. The van der Waals surface area contributed by atoms with E-state index in [4.69, 9.17) is 0 Å². The Morgan fingerprint density at radius 3 is 1.87 bits per heavy atom. The number of benzene rings is 2. The molecule has 2 aromatic carbocycles. The average molecular weight is 565 g/mol. The fourth-order valence-corrected chi connectivity index (χ4v) is 8.25. The van der Waals surface area contributed by atoms with E-state index in [-0.39, 0.29) is 22.4 Å². The Morgan fingerprint density at radius 1 is 0.795 bits per heavy atom. The molecule has 0 saturated carbocycles. The van der Waals surface area contributed by atoms with Gasteiger partial charge in [0, 0.05) is 66.0 Å². The van der Waals surface area contributed by atoms with Crippen LogP contribution in [-0.2, 0) is 0 Å². The molecule has 0 aliphatic carbocycles. The molecule has 0 radical (unpaired) electrons. The van der Waals surface area contributed by atoms with Crippen molar-refractivity contribution in [3.05, 3.63) is 70.2 Å². The fourth-order valence-electron chi connectivity index (χ4n) is 6.39. The second-order valence-electron chi connectivity index (χ2n) is 11.0. The topological polar surface area (TPSA) is 58.2 Å². The van der Waals surface area contributed by atoms with Crippen LogP contribution in [0.3, 0.4) is 0 Å². The summed E-state index contributed by atoms with van der Waals surface area (Å²) in [6, 6.07) is 12.9. The lowest BCUT2D eigenvalue weighted by atomic mass is 9.76. The number of carbonyl (C=O) groups is 2. The molecule has 2 aromatic heterocycles. The average Bonchev–Trinajstić information content (AvgIpc) is 3.75. The Bertz CT molecular complexity index is 1460. The van der Waals surface area contributed by atoms with E-state index in [0.29, 0.717) is 11.3 Å². The third-order valence-corrected chi connectivity index (χ3v) is 10.3. The number of halogens is 1. The van der Waals surface area contributed by atoms with Gasteiger partial charge >= 0.3 is 0 Å². The zero-order valence-electron chi connectivity index (χ0n) is 22.8. The Morgan fingerprint density at radius 2 is 1.33 bits per heavy atom. The number of hydrogen-bond donors (Lipinski definition) is 2. The molecule has 4 heterocycles. The molecular formula is C32H37FN2O2S2. The minimum atomic E-state index is -0.297. The van der Waals surface area contributed by atoms with Gasteiger partial charge in [0.05, 0.1) is 0 Å². The predicted molar refractivity (Wildman–Crippen MR) is 162 cm³/mol. The van der Waals surface area contributed by atoms with Crippen molar-refractivity contribution < 1.29 is 14.0 Å². The summed E-state index contributed by atoms with van der Waals surface area (Å²) < 4.78 is 15.6. The summed E-state index contributed by atoms with van der Waals surface area (Å²) in [6.45, 7) is 7.71. The van der Waals surface area contributed by atoms with Crippen LogP contribution in [-0.4, -0.2) is 37.7 Å². The van der Waals surface area contributed by atoms with Gasteiger partial charge in [-0.2, -0.15) is 0 Å². The van der Waals surface area contributed by atoms with Gasteiger partial charge in [-0.3, -0.25) is 9.59 Å². The highest BCUT2D eigenvalue weighted by Gasteiger charge is 2.42. The molecule has 2 saturated heterocycles. The van der Waals surface area contributed by atoms with E-state index in [9.17, 15) is 14.0 Å². The summed E-state index contributed by atoms with van der Waals surface area (Å²) >= 11 is 3.20. The summed E-state index contributed by atoms with van der Waals surface area (Å²) in [5.74, 6) is 0.247. The molecule has 7 heteroatoms. The van der Waals surface area contributed by atoms with Crippen LogP contribution in [0, 0.1) is 16.6 Å². The molecule has 0 amide bonds. The van der Waals surface area contributed by atoms with Crippen molar-refractivity contribution >= 4 is 54.4 Å². The zero-order chi connectivity index (χ0) is 27.5. The van der Waals surface area contributed by atoms with Gasteiger partial charge in [0.15, 0.2) is 11.6 Å². The largest absolute Gasteiger partial charge is 0.316 e. The summed E-state index contributed by atoms with van der Waals surface area (Å²) in [5, 5.41) is 12.5. The van der Waals surface area contributed by atoms with Gasteiger partial charge in [-0.1, -0.05) is 44.9 Å². The van der Waals surface area contributed by atoms with Gasteiger partial charge < -0.3 is 10.6 Å². The first-order valence-corrected chi connectivity index (χ1v) is 15.8. The molecule has 2 unspecified atom stereocenters. The Labute approximate surface area is 238 Å². The third kappa shape index (κ3) is 5.47. The Kier molecular flexibility index (Phi) is 8.62. The number of nitrogens with one attached hydrogen (secondary N) is 2.